The van der Waals surface area contributed by atoms with Crippen LogP contribution in [-0.4, -0.2) is 37.0 Å². The van der Waals surface area contributed by atoms with Crippen molar-refractivity contribution < 1.29 is 33.0 Å². The summed E-state index contributed by atoms with van der Waals surface area (Å²) in [4.78, 5) is 38.0. The molecule has 0 aliphatic heterocycles. The second kappa shape index (κ2) is 15.9. The van der Waals surface area contributed by atoms with Crippen LogP contribution >= 0.6 is 0 Å². The van der Waals surface area contributed by atoms with Crippen LogP contribution in [0.2, 0.25) is 0 Å². The molecule has 4 aromatic carbocycles. The smallest absolute Gasteiger partial charge is 0.328 e. The molecule has 8 nitrogen and oxygen atoms in total. The van der Waals surface area contributed by atoms with Crippen LogP contribution in [-0.2, 0) is 45.2 Å². The Kier molecular flexibility index (Phi) is 11.5. The van der Waals surface area contributed by atoms with E-state index < -0.39 is 35.7 Å². The summed E-state index contributed by atoms with van der Waals surface area (Å²) in [6, 6.07) is 28.3. The standard InChI is InChI=1S/C35H35FN2O6/c1-24(39)37-30(19-25-13-16-29(36)17-14-25)34(40)38-31(35(41)42-2)20-28-15-18-32(43-22-26-9-5-3-6-10-26)33(21-28)44-23-27-11-7-4-8-12-27/h3-18,21,30-31H,19-20,22-23H2,1-2H3,(H,37,39)(H,38,40)/t30-,31-/m0/s1. The minimum absolute atomic E-state index is 0.0857. The van der Waals surface area contributed by atoms with Crippen molar-refractivity contribution in [1.29, 1.82) is 0 Å². The predicted octanol–water partition coefficient (Wildman–Crippen LogP) is 4.93. The zero-order valence-corrected chi connectivity index (χ0v) is 24.6. The third-order valence-electron chi connectivity index (χ3n) is 6.77. The van der Waals surface area contributed by atoms with Crippen molar-refractivity contribution in [3.05, 3.63) is 131 Å². The van der Waals surface area contributed by atoms with E-state index in [0.717, 1.165) is 11.1 Å². The number of hydrogen-bond acceptors (Lipinski definition) is 6. The third kappa shape index (κ3) is 9.69. The Hall–Kier alpha value is -5.18. The number of carbonyl (C=O) groups excluding carboxylic acids is 3. The highest BCUT2D eigenvalue weighted by Crippen LogP contribution is 2.31. The van der Waals surface area contributed by atoms with E-state index in [4.69, 9.17) is 14.2 Å². The molecule has 0 aliphatic carbocycles. The number of nitrogens with one attached hydrogen (secondary N) is 2. The summed E-state index contributed by atoms with van der Waals surface area (Å²) in [5, 5.41) is 5.33. The van der Waals surface area contributed by atoms with Crippen molar-refractivity contribution in [1.82, 2.24) is 10.6 Å². The van der Waals surface area contributed by atoms with E-state index in [9.17, 15) is 18.8 Å². The fourth-order valence-corrected chi connectivity index (χ4v) is 4.54. The Balaban J connectivity index is 1.53. The van der Waals surface area contributed by atoms with Gasteiger partial charge in [-0.15, -0.1) is 0 Å². The number of carbonyl (C=O) groups is 3. The van der Waals surface area contributed by atoms with E-state index >= 15 is 0 Å². The SMILES string of the molecule is COC(=O)[C@H](Cc1ccc(OCc2ccccc2)c(OCc2ccccc2)c1)NC(=O)[C@H](Cc1ccc(F)cc1)NC(C)=O. The van der Waals surface area contributed by atoms with Gasteiger partial charge >= 0.3 is 5.97 Å². The largest absolute Gasteiger partial charge is 0.485 e. The third-order valence-corrected chi connectivity index (χ3v) is 6.77. The van der Waals surface area contributed by atoms with Crippen molar-refractivity contribution in [3.8, 4) is 11.5 Å². The minimum atomic E-state index is -1.06. The summed E-state index contributed by atoms with van der Waals surface area (Å²) in [5.74, 6) is -1.07. The number of ether oxygens (including phenoxy) is 3. The van der Waals surface area contributed by atoms with Gasteiger partial charge in [-0.2, -0.15) is 0 Å². The summed E-state index contributed by atoms with van der Waals surface area (Å²) in [7, 11) is 1.24. The maximum Gasteiger partial charge on any atom is 0.328 e. The van der Waals surface area contributed by atoms with Crippen molar-refractivity contribution in [3.63, 3.8) is 0 Å². The molecule has 0 aliphatic rings. The van der Waals surface area contributed by atoms with E-state index in [0.29, 0.717) is 35.8 Å². The van der Waals surface area contributed by atoms with Gasteiger partial charge in [-0.05, 0) is 46.5 Å². The molecular weight excluding hydrogens is 563 g/mol. The number of halogens is 1. The number of rotatable bonds is 14. The van der Waals surface area contributed by atoms with Crippen LogP contribution in [0.15, 0.2) is 103 Å². The lowest BCUT2D eigenvalue weighted by molar-refractivity contribution is -0.145. The molecule has 2 amide bonds. The molecule has 2 N–H and O–H groups in total. The van der Waals surface area contributed by atoms with Crippen molar-refractivity contribution in [2.24, 2.45) is 0 Å². The Morgan fingerprint density at radius 1 is 0.659 bits per heavy atom. The summed E-state index contributed by atoms with van der Waals surface area (Å²) < 4.78 is 30.6. The van der Waals surface area contributed by atoms with E-state index in [1.54, 1.807) is 18.2 Å². The quantitative estimate of drug-likeness (QED) is 0.200. The van der Waals surface area contributed by atoms with Crippen LogP contribution in [0.4, 0.5) is 4.39 Å². The van der Waals surface area contributed by atoms with Gasteiger partial charge in [-0.25, -0.2) is 9.18 Å². The Morgan fingerprint density at radius 2 is 1.20 bits per heavy atom. The average Bonchev–Trinajstić information content (AvgIpc) is 3.04. The molecule has 0 spiro atoms. The van der Waals surface area contributed by atoms with E-state index in [1.165, 1.54) is 38.3 Å². The highest BCUT2D eigenvalue weighted by atomic mass is 19.1. The fourth-order valence-electron chi connectivity index (χ4n) is 4.54. The normalized spacial score (nSPS) is 12.0. The lowest BCUT2D eigenvalue weighted by Gasteiger charge is -2.22. The first-order chi connectivity index (χ1) is 21.3. The first-order valence-corrected chi connectivity index (χ1v) is 14.2. The molecule has 9 heteroatoms. The Bertz CT molecular complexity index is 1530. The van der Waals surface area contributed by atoms with Crippen LogP contribution in [0.25, 0.3) is 0 Å². The van der Waals surface area contributed by atoms with Crippen molar-refractivity contribution in [2.75, 3.05) is 7.11 Å². The first-order valence-electron chi connectivity index (χ1n) is 14.2. The molecule has 0 aromatic heterocycles. The number of esters is 1. The van der Waals surface area contributed by atoms with Gasteiger partial charge in [0.1, 0.15) is 31.1 Å². The molecule has 0 radical (unpaired) electrons. The molecule has 0 heterocycles. The Labute approximate surface area is 256 Å². The zero-order chi connectivity index (χ0) is 31.3. The second-order valence-electron chi connectivity index (χ2n) is 10.2. The second-order valence-corrected chi connectivity index (χ2v) is 10.2. The maximum atomic E-state index is 13.4. The molecule has 0 saturated carbocycles. The first kappa shape index (κ1) is 31.7. The molecule has 0 fully saturated rings. The van der Waals surface area contributed by atoms with Gasteiger partial charge in [-0.1, -0.05) is 78.9 Å². The van der Waals surface area contributed by atoms with Gasteiger partial charge in [0.05, 0.1) is 7.11 Å². The van der Waals surface area contributed by atoms with Gasteiger partial charge in [-0.3, -0.25) is 9.59 Å². The van der Waals surface area contributed by atoms with Gasteiger partial charge in [0, 0.05) is 19.8 Å². The number of amides is 2. The number of benzene rings is 4. The molecule has 4 rings (SSSR count). The van der Waals surface area contributed by atoms with E-state index in [2.05, 4.69) is 10.6 Å². The van der Waals surface area contributed by atoms with Crippen LogP contribution in [0.5, 0.6) is 11.5 Å². The van der Waals surface area contributed by atoms with Crippen molar-refractivity contribution >= 4 is 17.8 Å². The number of hydrogen-bond donors (Lipinski definition) is 2. The minimum Gasteiger partial charge on any atom is -0.485 e. The monoisotopic (exact) mass is 598 g/mol. The summed E-state index contributed by atoms with van der Waals surface area (Å²) in [6.45, 7) is 1.92. The maximum absolute atomic E-state index is 13.4. The van der Waals surface area contributed by atoms with Gasteiger partial charge in [0.2, 0.25) is 11.8 Å². The Morgan fingerprint density at radius 3 is 1.77 bits per heavy atom. The predicted molar refractivity (Wildman–Crippen MR) is 163 cm³/mol. The van der Waals surface area contributed by atoms with Gasteiger partial charge in [0.15, 0.2) is 11.5 Å². The average molecular weight is 599 g/mol. The van der Waals surface area contributed by atoms with Gasteiger partial charge < -0.3 is 24.8 Å². The van der Waals surface area contributed by atoms with Crippen LogP contribution in [0, 0.1) is 5.82 Å². The molecular formula is C35H35FN2O6. The van der Waals surface area contributed by atoms with Crippen molar-refractivity contribution in [2.45, 2.75) is 45.1 Å². The van der Waals surface area contributed by atoms with Crippen LogP contribution in [0.3, 0.4) is 0 Å². The molecule has 4 aromatic rings. The fraction of sp³-hybridized carbons (Fsp3) is 0.229. The highest BCUT2D eigenvalue weighted by Gasteiger charge is 2.28. The highest BCUT2D eigenvalue weighted by molar-refractivity contribution is 5.90. The van der Waals surface area contributed by atoms with Gasteiger partial charge in [0.25, 0.3) is 0 Å². The van der Waals surface area contributed by atoms with Crippen LogP contribution < -0.4 is 20.1 Å². The summed E-state index contributed by atoms with van der Waals surface area (Å²) >= 11 is 0. The molecule has 0 bridgehead atoms. The lowest BCUT2D eigenvalue weighted by Crippen LogP contribution is -2.53. The van der Waals surface area contributed by atoms with E-state index in [1.807, 2.05) is 60.7 Å². The molecule has 0 unspecified atom stereocenters. The topological polar surface area (TPSA) is 103 Å². The summed E-state index contributed by atoms with van der Waals surface area (Å²) in [6.07, 6.45) is 0.187. The van der Waals surface area contributed by atoms with Crippen LogP contribution in [0.1, 0.15) is 29.2 Å². The molecule has 228 valence electrons. The zero-order valence-electron chi connectivity index (χ0n) is 24.6. The molecule has 2 atom stereocenters. The molecule has 0 saturated heterocycles. The van der Waals surface area contributed by atoms with E-state index in [-0.39, 0.29) is 12.8 Å². The lowest BCUT2D eigenvalue weighted by atomic mass is 10.0. The summed E-state index contributed by atoms with van der Waals surface area (Å²) in [5.41, 5.74) is 3.29. The number of methoxy groups -OCH3 is 1. The molecule has 44 heavy (non-hydrogen) atoms.